The quantitative estimate of drug-likeness (QED) is 0.895. The molecule has 0 bridgehead atoms. The Kier molecular flexibility index (Phi) is 3.47. The van der Waals surface area contributed by atoms with E-state index in [1.807, 2.05) is 0 Å². The summed E-state index contributed by atoms with van der Waals surface area (Å²) < 4.78 is 14.2. The van der Waals surface area contributed by atoms with E-state index in [2.05, 4.69) is 31.4 Å². The minimum atomic E-state index is -0.489. The normalized spacial score (nSPS) is 10.4. The van der Waals surface area contributed by atoms with Crippen molar-refractivity contribution in [3.63, 3.8) is 0 Å². The summed E-state index contributed by atoms with van der Waals surface area (Å²) in [5.74, 6) is -0.864. The number of rotatable bonds is 2. The monoisotopic (exact) mass is 311 g/mol. The van der Waals surface area contributed by atoms with E-state index in [9.17, 15) is 9.18 Å². The third kappa shape index (κ3) is 2.43. The van der Waals surface area contributed by atoms with Gasteiger partial charge in [-0.05, 0) is 32.0 Å². The maximum Gasteiger partial charge on any atom is 0.259 e. The van der Waals surface area contributed by atoms with Crippen molar-refractivity contribution < 1.29 is 9.18 Å². The van der Waals surface area contributed by atoms with Crippen LogP contribution in [0.5, 0.6) is 0 Å². The van der Waals surface area contributed by atoms with Crippen LogP contribution in [-0.4, -0.2) is 16.1 Å². The Bertz CT molecular complexity index is 590. The van der Waals surface area contributed by atoms with Crippen LogP contribution in [0.25, 0.3) is 0 Å². The van der Waals surface area contributed by atoms with Crippen molar-refractivity contribution >= 4 is 27.5 Å². The maximum absolute atomic E-state index is 13.6. The molecule has 94 valence electrons. The molecule has 18 heavy (non-hydrogen) atoms. The topological polar surface area (TPSA) is 57.8 Å². The van der Waals surface area contributed by atoms with Gasteiger partial charge in [0, 0.05) is 10.2 Å². The minimum Gasteiger partial charge on any atom is -0.319 e. The van der Waals surface area contributed by atoms with Crippen LogP contribution in [0.4, 0.5) is 10.1 Å². The van der Waals surface area contributed by atoms with Gasteiger partial charge in [0.15, 0.2) is 0 Å². The number of nitrogens with zero attached hydrogens (tertiary/aromatic N) is 1. The van der Waals surface area contributed by atoms with Crippen LogP contribution in [0.1, 0.15) is 21.7 Å². The first-order valence-electron chi connectivity index (χ1n) is 5.27. The molecule has 4 nitrogen and oxygen atoms in total. The standard InChI is InChI=1S/C12H11BrFN3O/c1-6-11(7(2)17-16-6)12(18)15-10-4-3-8(13)5-9(10)14/h3-5H,1-2H3,(H,15,18)(H,16,17). The van der Waals surface area contributed by atoms with Crippen molar-refractivity contribution in [2.24, 2.45) is 0 Å². The van der Waals surface area contributed by atoms with E-state index in [-0.39, 0.29) is 11.6 Å². The zero-order valence-corrected chi connectivity index (χ0v) is 11.4. The predicted molar refractivity (Wildman–Crippen MR) is 70.1 cm³/mol. The van der Waals surface area contributed by atoms with Crippen LogP contribution in [-0.2, 0) is 0 Å². The molecule has 1 heterocycles. The molecule has 1 aromatic carbocycles. The van der Waals surface area contributed by atoms with Crippen LogP contribution in [0.15, 0.2) is 22.7 Å². The number of H-pyrrole nitrogens is 1. The molecule has 2 rings (SSSR count). The van der Waals surface area contributed by atoms with E-state index in [0.717, 1.165) is 0 Å². The third-order valence-electron chi connectivity index (χ3n) is 2.53. The van der Waals surface area contributed by atoms with E-state index < -0.39 is 5.82 Å². The van der Waals surface area contributed by atoms with Crippen LogP contribution in [0.2, 0.25) is 0 Å². The fourth-order valence-electron chi connectivity index (χ4n) is 1.66. The number of carbonyl (C=O) groups is 1. The largest absolute Gasteiger partial charge is 0.319 e. The Labute approximate surface area is 112 Å². The zero-order valence-electron chi connectivity index (χ0n) is 9.84. The van der Waals surface area contributed by atoms with Crippen LogP contribution >= 0.6 is 15.9 Å². The second-order valence-corrected chi connectivity index (χ2v) is 4.80. The fourth-order valence-corrected chi connectivity index (χ4v) is 1.99. The summed E-state index contributed by atoms with van der Waals surface area (Å²) in [6, 6.07) is 4.46. The fraction of sp³-hybridized carbons (Fsp3) is 0.167. The molecule has 0 atom stereocenters. The minimum absolute atomic E-state index is 0.142. The molecule has 1 amide bonds. The number of amides is 1. The van der Waals surface area contributed by atoms with Gasteiger partial charge in [0.05, 0.1) is 16.9 Å². The Morgan fingerprint density at radius 1 is 1.44 bits per heavy atom. The first-order chi connectivity index (χ1) is 8.49. The molecule has 1 aromatic heterocycles. The number of nitrogens with one attached hydrogen (secondary N) is 2. The Hall–Kier alpha value is -1.69. The molecule has 0 aliphatic carbocycles. The van der Waals surface area contributed by atoms with Crippen molar-refractivity contribution in [1.82, 2.24) is 10.2 Å². The van der Waals surface area contributed by atoms with E-state index in [1.54, 1.807) is 19.9 Å². The highest BCUT2D eigenvalue weighted by Crippen LogP contribution is 2.20. The number of aryl methyl sites for hydroxylation is 2. The molecule has 0 radical (unpaired) electrons. The number of benzene rings is 1. The molecule has 0 fully saturated rings. The number of hydrogen-bond donors (Lipinski definition) is 2. The molecule has 2 aromatic rings. The van der Waals surface area contributed by atoms with Gasteiger partial charge >= 0.3 is 0 Å². The lowest BCUT2D eigenvalue weighted by Crippen LogP contribution is -2.14. The molecule has 0 aliphatic rings. The lowest BCUT2D eigenvalue weighted by atomic mass is 10.2. The summed E-state index contributed by atoms with van der Waals surface area (Å²) in [6.07, 6.45) is 0. The highest BCUT2D eigenvalue weighted by molar-refractivity contribution is 9.10. The van der Waals surface area contributed by atoms with Crippen LogP contribution in [0, 0.1) is 19.7 Å². The highest BCUT2D eigenvalue weighted by atomic mass is 79.9. The Balaban J connectivity index is 2.27. The number of aromatic amines is 1. The molecule has 0 spiro atoms. The van der Waals surface area contributed by atoms with Gasteiger partial charge in [-0.15, -0.1) is 0 Å². The molecule has 6 heteroatoms. The van der Waals surface area contributed by atoms with Crippen LogP contribution in [0.3, 0.4) is 0 Å². The summed E-state index contributed by atoms with van der Waals surface area (Å²) in [7, 11) is 0. The molecular weight excluding hydrogens is 301 g/mol. The van der Waals surface area contributed by atoms with Gasteiger partial charge < -0.3 is 5.32 Å². The summed E-state index contributed by atoms with van der Waals surface area (Å²) in [5, 5.41) is 9.17. The van der Waals surface area contributed by atoms with E-state index >= 15 is 0 Å². The smallest absolute Gasteiger partial charge is 0.259 e. The summed E-state index contributed by atoms with van der Waals surface area (Å²) in [4.78, 5) is 12.0. The van der Waals surface area contributed by atoms with Gasteiger partial charge in [-0.1, -0.05) is 15.9 Å². The molecule has 0 saturated heterocycles. The summed E-state index contributed by atoms with van der Waals surface area (Å²) >= 11 is 3.16. The number of aromatic nitrogens is 2. The third-order valence-corrected chi connectivity index (χ3v) is 3.03. The molecular formula is C12H11BrFN3O. The average molecular weight is 312 g/mol. The lowest BCUT2D eigenvalue weighted by molar-refractivity contribution is 0.102. The zero-order chi connectivity index (χ0) is 13.3. The second-order valence-electron chi connectivity index (χ2n) is 3.89. The van der Waals surface area contributed by atoms with Gasteiger partial charge in [0.1, 0.15) is 5.82 Å². The molecule has 0 saturated carbocycles. The first-order valence-corrected chi connectivity index (χ1v) is 6.06. The van der Waals surface area contributed by atoms with Crippen molar-refractivity contribution in [3.8, 4) is 0 Å². The SMILES string of the molecule is Cc1n[nH]c(C)c1C(=O)Nc1ccc(Br)cc1F. The maximum atomic E-state index is 13.6. The predicted octanol–water partition coefficient (Wildman–Crippen LogP) is 3.18. The molecule has 2 N–H and O–H groups in total. The van der Waals surface area contributed by atoms with Crippen LogP contribution < -0.4 is 5.32 Å². The van der Waals surface area contributed by atoms with Gasteiger partial charge in [-0.2, -0.15) is 5.10 Å². The second kappa shape index (κ2) is 4.89. The molecule has 0 unspecified atom stereocenters. The molecule has 0 aliphatic heterocycles. The van der Waals surface area contributed by atoms with E-state index in [4.69, 9.17) is 0 Å². The van der Waals surface area contributed by atoms with Gasteiger partial charge in [0.2, 0.25) is 0 Å². The van der Waals surface area contributed by atoms with Gasteiger partial charge in [0.25, 0.3) is 5.91 Å². The first kappa shape index (κ1) is 12.8. The summed E-state index contributed by atoms with van der Waals surface area (Å²) in [6.45, 7) is 3.46. The van der Waals surface area contributed by atoms with Crippen molar-refractivity contribution in [3.05, 3.63) is 45.4 Å². The number of anilines is 1. The van der Waals surface area contributed by atoms with E-state index in [1.165, 1.54) is 12.1 Å². The van der Waals surface area contributed by atoms with Gasteiger partial charge in [-0.3, -0.25) is 9.89 Å². The van der Waals surface area contributed by atoms with E-state index in [0.29, 0.717) is 21.4 Å². The van der Waals surface area contributed by atoms with Crippen molar-refractivity contribution in [1.29, 1.82) is 0 Å². The highest BCUT2D eigenvalue weighted by Gasteiger charge is 2.16. The lowest BCUT2D eigenvalue weighted by Gasteiger charge is -2.06. The Morgan fingerprint density at radius 2 is 2.17 bits per heavy atom. The van der Waals surface area contributed by atoms with Crippen molar-refractivity contribution in [2.75, 3.05) is 5.32 Å². The van der Waals surface area contributed by atoms with Crippen molar-refractivity contribution in [2.45, 2.75) is 13.8 Å². The number of hydrogen-bond acceptors (Lipinski definition) is 2. The number of halogens is 2. The summed E-state index contributed by atoms with van der Waals surface area (Å²) in [5.41, 5.74) is 1.82. The van der Waals surface area contributed by atoms with Gasteiger partial charge in [-0.25, -0.2) is 4.39 Å². The average Bonchev–Trinajstić information content (AvgIpc) is 2.62. The number of carbonyl (C=O) groups excluding carboxylic acids is 1. The Morgan fingerprint density at radius 3 is 2.72 bits per heavy atom.